The van der Waals surface area contributed by atoms with Gasteiger partial charge in [-0.15, -0.1) is 5.06 Å². The van der Waals surface area contributed by atoms with Crippen LogP contribution in [0.3, 0.4) is 0 Å². The third-order valence-corrected chi connectivity index (χ3v) is 5.17. The molecular formula is C19H34N2O5. The normalized spacial score (nSPS) is 21.4. The van der Waals surface area contributed by atoms with Crippen LogP contribution in [0.1, 0.15) is 59.3 Å². The Balaban J connectivity index is 1.64. The molecule has 26 heavy (non-hydrogen) atoms. The van der Waals surface area contributed by atoms with Gasteiger partial charge in [-0.05, 0) is 71.9 Å². The molecule has 7 heteroatoms. The Bertz CT molecular complexity index is 461. The van der Waals surface area contributed by atoms with E-state index in [9.17, 15) is 9.59 Å². The van der Waals surface area contributed by atoms with Crippen molar-refractivity contribution in [3.05, 3.63) is 0 Å². The van der Waals surface area contributed by atoms with Crippen LogP contribution >= 0.6 is 0 Å². The van der Waals surface area contributed by atoms with E-state index in [1.165, 1.54) is 7.11 Å². The van der Waals surface area contributed by atoms with Gasteiger partial charge < -0.3 is 19.2 Å². The number of carbonyl (C=O) groups is 2. The Morgan fingerprint density at radius 1 is 1.00 bits per heavy atom. The summed E-state index contributed by atoms with van der Waals surface area (Å²) in [5, 5.41) is 1.72. The zero-order valence-electron chi connectivity index (χ0n) is 16.7. The summed E-state index contributed by atoms with van der Waals surface area (Å²) < 4.78 is 9.92. The molecule has 0 N–H and O–H groups in total. The van der Waals surface area contributed by atoms with Gasteiger partial charge in [0, 0.05) is 25.6 Å². The lowest BCUT2D eigenvalue weighted by atomic mass is 9.90. The molecule has 0 unspecified atom stereocenters. The second kappa shape index (κ2) is 9.55. The smallest absolute Gasteiger partial charge is 0.469 e. The maximum Gasteiger partial charge on any atom is 0.528 e. The predicted molar refractivity (Wildman–Crippen MR) is 97.5 cm³/mol. The molecule has 2 rings (SSSR count). The predicted octanol–water partition coefficient (Wildman–Crippen LogP) is 2.98. The summed E-state index contributed by atoms with van der Waals surface area (Å²) in [4.78, 5) is 30.9. The summed E-state index contributed by atoms with van der Waals surface area (Å²) in [5.74, 6) is 0.519. The van der Waals surface area contributed by atoms with Crippen LogP contribution < -0.4 is 0 Å². The van der Waals surface area contributed by atoms with Gasteiger partial charge in [-0.1, -0.05) is 0 Å². The SMILES string of the molecule is COC(=O)CCC1CCN(C2CCN(OC(=O)OC(C)(C)C)CC2)CC1. The number of piperidine rings is 2. The molecule has 2 aliphatic heterocycles. The Kier molecular flexibility index (Phi) is 7.70. The topological polar surface area (TPSA) is 68.3 Å². The van der Waals surface area contributed by atoms with Crippen LogP contribution in [-0.4, -0.2) is 67.0 Å². The molecule has 0 radical (unpaired) electrons. The molecule has 0 saturated carbocycles. The minimum atomic E-state index is -0.623. The molecule has 0 bridgehead atoms. The maximum absolute atomic E-state index is 11.7. The summed E-state index contributed by atoms with van der Waals surface area (Å²) in [6, 6.07) is 0.551. The molecule has 0 aliphatic carbocycles. The highest BCUT2D eigenvalue weighted by Gasteiger charge is 2.30. The number of hydrogen-bond acceptors (Lipinski definition) is 7. The Morgan fingerprint density at radius 3 is 2.15 bits per heavy atom. The van der Waals surface area contributed by atoms with Crippen LogP contribution in [0, 0.1) is 5.92 Å². The van der Waals surface area contributed by atoms with Crippen molar-refractivity contribution in [2.45, 2.75) is 70.9 Å². The number of likely N-dealkylation sites (tertiary alicyclic amines) is 1. The zero-order chi connectivity index (χ0) is 19.2. The molecule has 0 aromatic heterocycles. The standard InChI is InChI=1S/C19H34N2O5/c1-19(2,3)25-18(23)26-21-13-9-16(10-14-21)20-11-7-15(8-12-20)5-6-17(22)24-4/h15-16H,5-14H2,1-4H3. The molecule has 2 aliphatic rings. The largest absolute Gasteiger partial charge is 0.528 e. The molecule has 0 spiro atoms. The van der Waals surface area contributed by atoms with Gasteiger partial charge in [-0.2, -0.15) is 0 Å². The van der Waals surface area contributed by atoms with Gasteiger partial charge in [-0.25, -0.2) is 4.79 Å². The van der Waals surface area contributed by atoms with E-state index in [0.29, 0.717) is 18.4 Å². The molecule has 2 saturated heterocycles. The van der Waals surface area contributed by atoms with Crippen LogP contribution in [0.25, 0.3) is 0 Å². The van der Waals surface area contributed by atoms with Crippen molar-refractivity contribution < 1.29 is 23.9 Å². The van der Waals surface area contributed by atoms with E-state index >= 15 is 0 Å². The summed E-state index contributed by atoms with van der Waals surface area (Å²) in [6.07, 6.45) is 5.12. The van der Waals surface area contributed by atoms with E-state index in [2.05, 4.69) is 4.90 Å². The summed E-state index contributed by atoms with van der Waals surface area (Å²) in [5.41, 5.74) is -0.534. The Labute approximate surface area is 156 Å². The van der Waals surface area contributed by atoms with E-state index in [-0.39, 0.29) is 5.97 Å². The van der Waals surface area contributed by atoms with Crippen LogP contribution in [0.4, 0.5) is 4.79 Å². The first kappa shape index (κ1) is 21.0. The van der Waals surface area contributed by atoms with Crippen molar-refractivity contribution in [1.82, 2.24) is 9.96 Å². The van der Waals surface area contributed by atoms with Gasteiger partial charge in [0.05, 0.1) is 7.11 Å². The lowest BCUT2D eigenvalue weighted by molar-refractivity contribution is -0.157. The van der Waals surface area contributed by atoms with Gasteiger partial charge in [-0.3, -0.25) is 4.79 Å². The lowest BCUT2D eigenvalue weighted by Crippen LogP contribution is -2.48. The van der Waals surface area contributed by atoms with Gasteiger partial charge >= 0.3 is 12.1 Å². The molecule has 0 aromatic carbocycles. The molecule has 150 valence electrons. The maximum atomic E-state index is 11.7. The Hall–Kier alpha value is -1.34. The first-order valence-corrected chi connectivity index (χ1v) is 9.73. The minimum absolute atomic E-state index is 0.107. The quantitative estimate of drug-likeness (QED) is 0.689. The monoisotopic (exact) mass is 370 g/mol. The number of methoxy groups -OCH3 is 1. The Morgan fingerprint density at radius 2 is 1.62 bits per heavy atom. The van der Waals surface area contributed by atoms with Crippen molar-refractivity contribution in [1.29, 1.82) is 0 Å². The molecular weight excluding hydrogens is 336 g/mol. The fourth-order valence-corrected chi connectivity index (χ4v) is 3.70. The highest BCUT2D eigenvalue weighted by Crippen LogP contribution is 2.26. The van der Waals surface area contributed by atoms with E-state index in [4.69, 9.17) is 14.3 Å². The molecule has 2 heterocycles. The number of hydroxylamine groups is 2. The second-order valence-corrected chi connectivity index (χ2v) is 8.31. The van der Waals surface area contributed by atoms with Crippen molar-refractivity contribution in [2.75, 3.05) is 33.3 Å². The van der Waals surface area contributed by atoms with Crippen molar-refractivity contribution in [3.63, 3.8) is 0 Å². The van der Waals surface area contributed by atoms with Crippen molar-refractivity contribution >= 4 is 12.1 Å². The van der Waals surface area contributed by atoms with Crippen LogP contribution in [0.15, 0.2) is 0 Å². The van der Waals surface area contributed by atoms with Crippen molar-refractivity contribution in [3.8, 4) is 0 Å². The average molecular weight is 370 g/mol. The number of esters is 1. The fourth-order valence-electron chi connectivity index (χ4n) is 3.70. The van der Waals surface area contributed by atoms with Crippen LogP contribution in [-0.2, 0) is 19.1 Å². The minimum Gasteiger partial charge on any atom is -0.469 e. The van der Waals surface area contributed by atoms with Crippen LogP contribution in [0.2, 0.25) is 0 Å². The van der Waals surface area contributed by atoms with E-state index in [1.54, 1.807) is 5.06 Å². The van der Waals surface area contributed by atoms with Gasteiger partial charge in [0.2, 0.25) is 0 Å². The van der Waals surface area contributed by atoms with E-state index in [1.807, 2.05) is 20.8 Å². The molecule has 7 nitrogen and oxygen atoms in total. The third kappa shape index (κ3) is 7.11. The first-order chi connectivity index (χ1) is 12.3. The fraction of sp³-hybridized carbons (Fsp3) is 0.895. The number of hydrogen-bond donors (Lipinski definition) is 0. The third-order valence-electron chi connectivity index (χ3n) is 5.17. The summed E-state index contributed by atoms with van der Waals surface area (Å²) in [7, 11) is 1.45. The van der Waals surface area contributed by atoms with E-state index < -0.39 is 11.8 Å². The molecule has 0 atom stereocenters. The van der Waals surface area contributed by atoms with Gasteiger partial charge in [0.15, 0.2) is 0 Å². The van der Waals surface area contributed by atoms with Gasteiger partial charge in [0.1, 0.15) is 5.60 Å². The summed E-state index contributed by atoms with van der Waals surface area (Å²) in [6.45, 7) is 9.14. The molecule has 0 amide bonds. The molecule has 0 aromatic rings. The van der Waals surface area contributed by atoms with E-state index in [0.717, 1.165) is 58.3 Å². The summed E-state index contributed by atoms with van der Waals surface area (Å²) >= 11 is 0. The van der Waals surface area contributed by atoms with Crippen molar-refractivity contribution in [2.24, 2.45) is 5.92 Å². The first-order valence-electron chi connectivity index (χ1n) is 9.73. The number of rotatable bonds is 5. The average Bonchev–Trinajstić information content (AvgIpc) is 2.59. The lowest BCUT2D eigenvalue weighted by Gasteiger charge is -2.41. The number of ether oxygens (including phenoxy) is 2. The second-order valence-electron chi connectivity index (χ2n) is 8.31. The number of nitrogens with zero attached hydrogens (tertiary/aromatic N) is 2. The molecule has 2 fully saturated rings. The van der Waals surface area contributed by atoms with Gasteiger partial charge in [0.25, 0.3) is 0 Å². The highest BCUT2D eigenvalue weighted by molar-refractivity contribution is 5.69. The number of carbonyl (C=O) groups excluding carboxylic acids is 2. The zero-order valence-corrected chi connectivity index (χ0v) is 16.7. The van der Waals surface area contributed by atoms with Crippen LogP contribution in [0.5, 0.6) is 0 Å². The highest BCUT2D eigenvalue weighted by atomic mass is 16.8.